The third-order valence-electron chi connectivity index (χ3n) is 2.50. The van der Waals surface area contributed by atoms with Crippen molar-refractivity contribution in [3.8, 4) is 0 Å². The molecule has 12 heavy (non-hydrogen) atoms. The third kappa shape index (κ3) is 1.99. The first kappa shape index (κ1) is 9.56. The second-order valence-electron chi connectivity index (χ2n) is 4.64. The Labute approximate surface area is 74.9 Å². The Hall–Kier alpha value is -0.530. The fraction of sp³-hybridized carbons (Fsp3) is 0.900. The van der Waals surface area contributed by atoms with Crippen LogP contribution in [0.2, 0.25) is 0 Å². The monoisotopic (exact) mass is 169 g/mol. The largest absolute Gasteiger partial charge is 0.345 e. The van der Waals surface area contributed by atoms with Crippen molar-refractivity contribution in [2.45, 2.75) is 33.6 Å². The number of amides is 1. The normalized spacial score (nSPS) is 19.4. The molecule has 0 N–H and O–H groups in total. The Morgan fingerprint density at radius 3 is 2.33 bits per heavy atom. The zero-order valence-electron chi connectivity index (χ0n) is 8.55. The molecule has 1 aliphatic rings. The van der Waals surface area contributed by atoms with E-state index in [-0.39, 0.29) is 5.41 Å². The molecular formula is C10H19NO. The number of nitrogens with zero attached hydrogens (tertiary/aromatic N) is 1. The molecule has 1 rings (SSSR count). The standard InChI is InChI=1S/C10H19NO/c1-8(2)7-11(4)9(12)10(3)5-6-10/h8H,5-7H2,1-4H3. The molecule has 70 valence electrons. The van der Waals surface area contributed by atoms with E-state index in [1.807, 2.05) is 11.9 Å². The molecule has 1 fully saturated rings. The molecule has 0 aromatic heterocycles. The third-order valence-corrected chi connectivity index (χ3v) is 2.50. The summed E-state index contributed by atoms with van der Waals surface area (Å²) in [6, 6.07) is 0. The van der Waals surface area contributed by atoms with E-state index >= 15 is 0 Å². The summed E-state index contributed by atoms with van der Waals surface area (Å²) in [4.78, 5) is 13.6. The predicted molar refractivity (Wildman–Crippen MR) is 49.8 cm³/mol. The van der Waals surface area contributed by atoms with Crippen molar-refractivity contribution in [1.29, 1.82) is 0 Å². The van der Waals surface area contributed by atoms with Gasteiger partial charge in [0, 0.05) is 19.0 Å². The fourth-order valence-corrected chi connectivity index (χ4v) is 1.49. The van der Waals surface area contributed by atoms with Crippen molar-refractivity contribution in [3.05, 3.63) is 0 Å². The minimum Gasteiger partial charge on any atom is -0.345 e. The lowest BCUT2D eigenvalue weighted by atomic mass is 10.1. The van der Waals surface area contributed by atoms with Crippen molar-refractivity contribution in [2.24, 2.45) is 11.3 Å². The van der Waals surface area contributed by atoms with Crippen molar-refractivity contribution < 1.29 is 4.79 Å². The molecule has 0 atom stereocenters. The summed E-state index contributed by atoms with van der Waals surface area (Å²) >= 11 is 0. The maximum absolute atomic E-state index is 11.7. The molecule has 1 amide bonds. The van der Waals surface area contributed by atoms with Crippen molar-refractivity contribution in [1.82, 2.24) is 4.90 Å². The van der Waals surface area contributed by atoms with Gasteiger partial charge in [0.15, 0.2) is 0 Å². The number of hydrogen-bond acceptors (Lipinski definition) is 1. The van der Waals surface area contributed by atoms with Gasteiger partial charge in [0.25, 0.3) is 0 Å². The molecule has 0 heterocycles. The lowest BCUT2D eigenvalue weighted by Gasteiger charge is -2.22. The SMILES string of the molecule is CC(C)CN(C)C(=O)C1(C)CC1. The Bertz CT molecular complexity index is 182. The highest BCUT2D eigenvalue weighted by atomic mass is 16.2. The lowest BCUT2D eigenvalue weighted by Crippen LogP contribution is -2.35. The van der Waals surface area contributed by atoms with E-state index in [1.165, 1.54) is 0 Å². The zero-order valence-corrected chi connectivity index (χ0v) is 8.55. The average molecular weight is 169 g/mol. The molecule has 0 aromatic rings. The molecule has 0 radical (unpaired) electrons. The highest BCUT2D eigenvalue weighted by Crippen LogP contribution is 2.46. The van der Waals surface area contributed by atoms with Crippen LogP contribution in [0.4, 0.5) is 0 Å². The maximum atomic E-state index is 11.7. The Morgan fingerprint density at radius 1 is 1.50 bits per heavy atom. The molecule has 0 unspecified atom stereocenters. The summed E-state index contributed by atoms with van der Waals surface area (Å²) in [5.41, 5.74) is 0.00361. The van der Waals surface area contributed by atoms with Crippen LogP contribution in [0.1, 0.15) is 33.6 Å². The minimum atomic E-state index is 0.00361. The second-order valence-corrected chi connectivity index (χ2v) is 4.64. The van der Waals surface area contributed by atoms with E-state index in [2.05, 4.69) is 20.8 Å². The van der Waals surface area contributed by atoms with Gasteiger partial charge < -0.3 is 4.90 Å². The van der Waals surface area contributed by atoms with Gasteiger partial charge in [-0.2, -0.15) is 0 Å². The van der Waals surface area contributed by atoms with E-state index in [9.17, 15) is 4.79 Å². The zero-order chi connectivity index (χ0) is 9.35. The molecule has 0 aromatic carbocycles. The number of carbonyl (C=O) groups is 1. The predicted octanol–water partition coefficient (Wildman–Crippen LogP) is 1.90. The van der Waals surface area contributed by atoms with Crippen LogP contribution >= 0.6 is 0 Å². The van der Waals surface area contributed by atoms with Gasteiger partial charge >= 0.3 is 0 Å². The number of carbonyl (C=O) groups excluding carboxylic acids is 1. The van der Waals surface area contributed by atoms with Gasteiger partial charge in [0.1, 0.15) is 0 Å². The summed E-state index contributed by atoms with van der Waals surface area (Å²) < 4.78 is 0. The molecule has 0 spiro atoms. The first-order valence-corrected chi connectivity index (χ1v) is 4.71. The molecule has 0 aliphatic heterocycles. The Kier molecular flexibility index (Phi) is 2.45. The van der Waals surface area contributed by atoms with Crippen LogP contribution < -0.4 is 0 Å². The average Bonchev–Trinajstić information content (AvgIpc) is 2.66. The molecule has 2 heteroatoms. The van der Waals surface area contributed by atoms with Crippen LogP contribution in [0.5, 0.6) is 0 Å². The summed E-state index contributed by atoms with van der Waals surface area (Å²) in [5.74, 6) is 0.900. The number of rotatable bonds is 3. The van der Waals surface area contributed by atoms with Crippen LogP contribution in [-0.4, -0.2) is 24.4 Å². The smallest absolute Gasteiger partial charge is 0.228 e. The van der Waals surface area contributed by atoms with Gasteiger partial charge in [-0.3, -0.25) is 4.79 Å². The van der Waals surface area contributed by atoms with Crippen LogP contribution in [0.25, 0.3) is 0 Å². The molecule has 0 bridgehead atoms. The lowest BCUT2D eigenvalue weighted by molar-refractivity contribution is -0.135. The minimum absolute atomic E-state index is 0.00361. The first-order valence-electron chi connectivity index (χ1n) is 4.71. The van der Waals surface area contributed by atoms with Crippen molar-refractivity contribution >= 4 is 5.91 Å². The van der Waals surface area contributed by atoms with Crippen molar-refractivity contribution in [3.63, 3.8) is 0 Å². The molecular weight excluding hydrogens is 150 g/mol. The van der Waals surface area contributed by atoms with Crippen LogP contribution in [0.15, 0.2) is 0 Å². The van der Waals surface area contributed by atoms with Gasteiger partial charge in [0.2, 0.25) is 5.91 Å². The van der Waals surface area contributed by atoms with E-state index < -0.39 is 0 Å². The molecule has 2 nitrogen and oxygen atoms in total. The fourth-order valence-electron chi connectivity index (χ4n) is 1.49. The van der Waals surface area contributed by atoms with E-state index in [4.69, 9.17) is 0 Å². The van der Waals surface area contributed by atoms with E-state index in [0.717, 1.165) is 19.4 Å². The van der Waals surface area contributed by atoms with Gasteiger partial charge in [-0.25, -0.2) is 0 Å². The molecule has 1 saturated carbocycles. The van der Waals surface area contributed by atoms with Crippen LogP contribution in [0, 0.1) is 11.3 Å². The Balaban J connectivity index is 2.42. The van der Waals surface area contributed by atoms with Gasteiger partial charge in [-0.05, 0) is 18.8 Å². The quantitative estimate of drug-likeness (QED) is 0.632. The Morgan fingerprint density at radius 2 is 2.00 bits per heavy atom. The van der Waals surface area contributed by atoms with Gasteiger partial charge in [0.05, 0.1) is 0 Å². The summed E-state index contributed by atoms with van der Waals surface area (Å²) in [6.07, 6.45) is 2.16. The second kappa shape index (κ2) is 3.08. The van der Waals surface area contributed by atoms with Gasteiger partial charge in [-0.15, -0.1) is 0 Å². The van der Waals surface area contributed by atoms with Gasteiger partial charge in [-0.1, -0.05) is 20.8 Å². The highest BCUT2D eigenvalue weighted by Gasteiger charge is 2.46. The number of hydrogen-bond donors (Lipinski definition) is 0. The molecule has 0 saturated heterocycles. The summed E-state index contributed by atoms with van der Waals surface area (Å²) in [7, 11) is 1.91. The van der Waals surface area contributed by atoms with Crippen LogP contribution in [0.3, 0.4) is 0 Å². The van der Waals surface area contributed by atoms with Crippen LogP contribution in [-0.2, 0) is 4.79 Å². The summed E-state index contributed by atoms with van der Waals surface area (Å²) in [6.45, 7) is 7.22. The highest BCUT2D eigenvalue weighted by molar-refractivity contribution is 5.84. The first-order chi connectivity index (χ1) is 5.46. The summed E-state index contributed by atoms with van der Waals surface area (Å²) in [5, 5.41) is 0. The van der Waals surface area contributed by atoms with E-state index in [1.54, 1.807) is 0 Å². The van der Waals surface area contributed by atoms with E-state index in [0.29, 0.717) is 11.8 Å². The maximum Gasteiger partial charge on any atom is 0.228 e. The van der Waals surface area contributed by atoms with Crippen molar-refractivity contribution in [2.75, 3.05) is 13.6 Å². The molecule has 1 aliphatic carbocycles. The topological polar surface area (TPSA) is 20.3 Å².